The molecule has 0 amide bonds. The van der Waals surface area contributed by atoms with Gasteiger partial charge in [0.2, 0.25) is 0 Å². The van der Waals surface area contributed by atoms with Gasteiger partial charge in [-0.2, -0.15) is 0 Å². The van der Waals surface area contributed by atoms with Crippen molar-refractivity contribution in [3.8, 4) is 11.1 Å². The second-order valence-electron chi connectivity index (χ2n) is 4.27. The fourth-order valence-corrected chi connectivity index (χ4v) is 2.22. The first kappa shape index (κ1) is 10.7. The van der Waals surface area contributed by atoms with Crippen molar-refractivity contribution in [3.05, 3.63) is 54.5 Å². The van der Waals surface area contributed by atoms with Crippen molar-refractivity contribution >= 4 is 16.6 Å². The fourth-order valence-electron chi connectivity index (χ4n) is 2.22. The van der Waals surface area contributed by atoms with Gasteiger partial charge in [0.25, 0.3) is 0 Å². The van der Waals surface area contributed by atoms with E-state index in [1.807, 2.05) is 43.6 Å². The molecule has 0 aliphatic carbocycles. The van der Waals surface area contributed by atoms with Crippen molar-refractivity contribution in [3.63, 3.8) is 0 Å². The van der Waals surface area contributed by atoms with E-state index in [1.165, 1.54) is 10.9 Å². The zero-order valence-electron chi connectivity index (χ0n) is 10.1. The van der Waals surface area contributed by atoms with Crippen LogP contribution in [0.2, 0.25) is 0 Å². The number of hydrogen-bond acceptors (Lipinski definition) is 3. The Bertz CT molecular complexity index is 715. The van der Waals surface area contributed by atoms with Crippen LogP contribution in [0, 0.1) is 6.92 Å². The fraction of sp³-hybridized carbons (Fsp3) is 0.0667. The van der Waals surface area contributed by atoms with Gasteiger partial charge in [0, 0.05) is 29.0 Å². The molecule has 0 fully saturated rings. The van der Waals surface area contributed by atoms with Crippen molar-refractivity contribution in [1.29, 1.82) is 0 Å². The molecule has 2 aromatic heterocycles. The molecule has 0 unspecified atom stereocenters. The molecule has 18 heavy (non-hydrogen) atoms. The van der Waals surface area contributed by atoms with Crippen LogP contribution in [0.3, 0.4) is 0 Å². The van der Waals surface area contributed by atoms with E-state index in [9.17, 15) is 0 Å². The van der Waals surface area contributed by atoms with Crippen LogP contribution in [-0.4, -0.2) is 9.97 Å². The molecule has 3 nitrogen and oxygen atoms in total. The third-order valence-corrected chi connectivity index (χ3v) is 3.08. The van der Waals surface area contributed by atoms with E-state index in [2.05, 4.69) is 22.1 Å². The Kier molecular flexibility index (Phi) is 2.45. The summed E-state index contributed by atoms with van der Waals surface area (Å²) in [5.74, 6) is 0.554. The third kappa shape index (κ3) is 1.70. The summed E-state index contributed by atoms with van der Waals surface area (Å²) in [5.41, 5.74) is 8.92. The van der Waals surface area contributed by atoms with E-state index in [-0.39, 0.29) is 0 Å². The number of hydrogen-bond donors (Lipinski definition) is 1. The van der Waals surface area contributed by atoms with Gasteiger partial charge >= 0.3 is 0 Å². The van der Waals surface area contributed by atoms with E-state index in [0.717, 1.165) is 16.6 Å². The smallest absolute Gasteiger partial charge is 0.123 e. The number of fused-ring (bicyclic) bond motifs is 1. The number of pyridine rings is 2. The molecule has 3 rings (SSSR count). The minimum absolute atomic E-state index is 0.554. The number of aromatic nitrogens is 2. The number of aryl methyl sites for hydroxylation is 1. The van der Waals surface area contributed by atoms with Crippen LogP contribution in [0.15, 0.2) is 48.8 Å². The van der Waals surface area contributed by atoms with E-state index < -0.39 is 0 Å². The van der Waals surface area contributed by atoms with Gasteiger partial charge < -0.3 is 5.73 Å². The summed E-state index contributed by atoms with van der Waals surface area (Å²) in [7, 11) is 0. The van der Waals surface area contributed by atoms with Gasteiger partial charge in [-0.25, -0.2) is 4.98 Å². The highest BCUT2D eigenvalue weighted by Gasteiger charge is 2.07. The topological polar surface area (TPSA) is 51.8 Å². The molecule has 0 aliphatic rings. The molecule has 88 valence electrons. The normalized spacial score (nSPS) is 10.7. The SMILES string of the molecule is Cc1nc(N)ccc1-c1cccc2cnccc12. The van der Waals surface area contributed by atoms with Crippen LogP contribution in [-0.2, 0) is 0 Å². The summed E-state index contributed by atoms with van der Waals surface area (Å²) in [6.45, 7) is 1.98. The molecule has 0 spiro atoms. The molecular formula is C15H13N3. The zero-order chi connectivity index (χ0) is 12.5. The second kappa shape index (κ2) is 4.11. The van der Waals surface area contributed by atoms with Gasteiger partial charge in [-0.1, -0.05) is 18.2 Å². The Hall–Kier alpha value is -2.42. The Morgan fingerprint density at radius 3 is 2.72 bits per heavy atom. The molecule has 2 heterocycles. The number of rotatable bonds is 1. The Morgan fingerprint density at radius 2 is 1.89 bits per heavy atom. The summed E-state index contributed by atoms with van der Waals surface area (Å²) in [4.78, 5) is 8.47. The molecule has 0 bridgehead atoms. The Balaban J connectivity index is 2.31. The molecule has 0 atom stereocenters. The third-order valence-electron chi connectivity index (χ3n) is 3.08. The van der Waals surface area contributed by atoms with Crippen LogP contribution >= 0.6 is 0 Å². The first-order valence-corrected chi connectivity index (χ1v) is 5.82. The molecule has 0 saturated carbocycles. The summed E-state index contributed by atoms with van der Waals surface area (Å²) in [6.07, 6.45) is 3.69. The van der Waals surface area contributed by atoms with Crippen LogP contribution in [0.5, 0.6) is 0 Å². The number of nitrogens with zero attached hydrogens (tertiary/aromatic N) is 2. The number of benzene rings is 1. The van der Waals surface area contributed by atoms with Gasteiger partial charge in [0.15, 0.2) is 0 Å². The number of nitrogen functional groups attached to an aromatic ring is 1. The lowest BCUT2D eigenvalue weighted by Gasteiger charge is -2.09. The monoisotopic (exact) mass is 235 g/mol. The van der Waals surface area contributed by atoms with Gasteiger partial charge in [-0.15, -0.1) is 0 Å². The van der Waals surface area contributed by atoms with E-state index in [4.69, 9.17) is 5.73 Å². The quantitative estimate of drug-likeness (QED) is 0.704. The summed E-state index contributed by atoms with van der Waals surface area (Å²) in [5, 5.41) is 2.31. The molecule has 0 radical (unpaired) electrons. The van der Waals surface area contributed by atoms with Crippen molar-refractivity contribution < 1.29 is 0 Å². The van der Waals surface area contributed by atoms with Crippen LogP contribution in [0.25, 0.3) is 21.9 Å². The first-order chi connectivity index (χ1) is 8.75. The predicted octanol–water partition coefficient (Wildman–Crippen LogP) is 3.19. The standard InChI is InChI=1S/C15H13N3/c1-10-12(5-6-15(16)18-10)14-4-2-3-11-9-17-8-7-13(11)14/h2-9H,1H3,(H2,16,18). The van der Waals surface area contributed by atoms with E-state index in [1.54, 1.807) is 0 Å². The molecule has 3 aromatic rings. The van der Waals surface area contributed by atoms with Crippen molar-refractivity contribution in [1.82, 2.24) is 9.97 Å². The highest BCUT2D eigenvalue weighted by atomic mass is 14.8. The van der Waals surface area contributed by atoms with Crippen LogP contribution in [0.1, 0.15) is 5.69 Å². The molecule has 1 aromatic carbocycles. The molecular weight excluding hydrogens is 222 g/mol. The average molecular weight is 235 g/mol. The highest BCUT2D eigenvalue weighted by molar-refractivity contribution is 5.96. The van der Waals surface area contributed by atoms with E-state index >= 15 is 0 Å². The van der Waals surface area contributed by atoms with Gasteiger partial charge in [0.05, 0.1) is 0 Å². The average Bonchev–Trinajstić information content (AvgIpc) is 2.38. The van der Waals surface area contributed by atoms with E-state index in [0.29, 0.717) is 5.82 Å². The highest BCUT2D eigenvalue weighted by Crippen LogP contribution is 2.29. The number of nitrogens with two attached hydrogens (primary N) is 1. The van der Waals surface area contributed by atoms with Crippen molar-refractivity contribution in [2.24, 2.45) is 0 Å². The zero-order valence-corrected chi connectivity index (χ0v) is 10.1. The van der Waals surface area contributed by atoms with Gasteiger partial charge in [-0.3, -0.25) is 4.98 Å². The largest absolute Gasteiger partial charge is 0.384 e. The maximum Gasteiger partial charge on any atom is 0.123 e. The minimum Gasteiger partial charge on any atom is -0.384 e. The second-order valence-corrected chi connectivity index (χ2v) is 4.27. The molecule has 2 N–H and O–H groups in total. The molecule has 3 heteroatoms. The van der Waals surface area contributed by atoms with Gasteiger partial charge in [0.1, 0.15) is 5.82 Å². The van der Waals surface area contributed by atoms with Crippen LogP contribution in [0.4, 0.5) is 5.82 Å². The predicted molar refractivity (Wildman–Crippen MR) is 74.1 cm³/mol. The van der Waals surface area contributed by atoms with Crippen molar-refractivity contribution in [2.75, 3.05) is 5.73 Å². The maximum atomic E-state index is 5.70. The summed E-state index contributed by atoms with van der Waals surface area (Å²) < 4.78 is 0. The summed E-state index contributed by atoms with van der Waals surface area (Å²) in [6, 6.07) is 12.1. The molecule has 0 aliphatic heterocycles. The maximum absolute atomic E-state index is 5.70. The Labute approximate surface area is 105 Å². The minimum atomic E-state index is 0.554. The number of anilines is 1. The summed E-state index contributed by atoms with van der Waals surface area (Å²) >= 11 is 0. The lowest BCUT2D eigenvalue weighted by molar-refractivity contribution is 1.21. The first-order valence-electron chi connectivity index (χ1n) is 5.82. The Morgan fingerprint density at radius 1 is 1.00 bits per heavy atom. The lowest BCUT2D eigenvalue weighted by atomic mass is 9.98. The van der Waals surface area contributed by atoms with Crippen molar-refractivity contribution in [2.45, 2.75) is 6.92 Å². The van der Waals surface area contributed by atoms with Crippen LogP contribution < -0.4 is 5.73 Å². The van der Waals surface area contributed by atoms with Gasteiger partial charge in [-0.05, 0) is 36.1 Å². The lowest BCUT2D eigenvalue weighted by Crippen LogP contribution is -1.94. The molecule has 0 saturated heterocycles.